The van der Waals surface area contributed by atoms with Crippen molar-refractivity contribution in [1.29, 1.82) is 0 Å². The summed E-state index contributed by atoms with van der Waals surface area (Å²) < 4.78 is 5.22. The number of ether oxygens (including phenoxy) is 1. The van der Waals surface area contributed by atoms with Crippen molar-refractivity contribution in [3.63, 3.8) is 0 Å². The number of benzene rings is 1. The fourth-order valence-electron chi connectivity index (χ4n) is 2.07. The zero-order valence-corrected chi connectivity index (χ0v) is 12.7. The third-order valence-corrected chi connectivity index (χ3v) is 3.81. The van der Waals surface area contributed by atoms with Crippen LogP contribution in [-0.4, -0.2) is 50.2 Å². The van der Waals surface area contributed by atoms with Crippen LogP contribution in [0, 0.1) is 0 Å². The van der Waals surface area contributed by atoms with Gasteiger partial charge in [0.15, 0.2) is 0 Å². The van der Waals surface area contributed by atoms with Crippen molar-refractivity contribution in [3.8, 4) is 0 Å². The van der Waals surface area contributed by atoms with Gasteiger partial charge in [-0.05, 0) is 30.7 Å². The Hall–Kier alpha value is -0.810. The van der Waals surface area contributed by atoms with Crippen molar-refractivity contribution in [3.05, 3.63) is 33.8 Å². The first-order chi connectivity index (χ1) is 9.66. The summed E-state index contributed by atoms with van der Waals surface area (Å²) in [7, 11) is 0. The third-order valence-electron chi connectivity index (χ3n) is 3.23. The van der Waals surface area contributed by atoms with Crippen LogP contribution < -0.4 is 5.32 Å². The monoisotopic (exact) mass is 316 g/mol. The second kappa shape index (κ2) is 7.84. The lowest BCUT2D eigenvalue weighted by Crippen LogP contribution is -2.44. The highest BCUT2D eigenvalue weighted by Gasteiger charge is 2.15. The van der Waals surface area contributed by atoms with E-state index in [2.05, 4.69) is 5.32 Å². The molecular formula is C14H18Cl2N2O2. The topological polar surface area (TPSA) is 41.6 Å². The minimum absolute atomic E-state index is 0.121. The predicted molar refractivity (Wildman–Crippen MR) is 80.4 cm³/mol. The van der Waals surface area contributed by atoms with Crippen molar-refractivity contribution < 1.29 is 9.53 Å². The minimum atomic E-state index is 0.121. The summed E-state index contributed by atoms with van der Waals surface area (Å²) in [5.41, 5.74) is 1.03. The average molecular weight is 317 g/mol. The molecule has 1 aliphatic rings. The van der Waals surface area contributed by atoms with Crippen molar-refractivity contribution >= 4 is 29.1 Å². The smallest absolute Gasteiger partial charge is 0.236 e. The number of nitrogens with zero attached hydrogens (tertiary/aromatic N) is 1. The molecule has 1 amide bonds. The molecule has 1 heterocycles. The number of rotatable bonds is 5. The molecule has 0 saturated carbocycles. The minimum Gasteiger partial charge on any atom is -0.378 e. The molecule has 110 valence electrons. The Morgan fingerprint density at radius 3 is 2.75 bits per heavy atom. The summed E-state index contributed by atoms with van der Waals surface area (Å²) in [6, 6.07) is 5.47. The van der Waals surface area contributed by atoms with E-state index in [4.69, 9.17) is 27.9 Å². The first kappa shape index (κ1) is 15.6. The first-order valence-corrected chi connectivity index (χ1v) is 7.42. The number of hydrogen-bond acceptors (Lipinski definition) is 3. The van der Waals surface area contributed by atoms with Gasteiger partial charge in [0.2, 0.25) is 5.91 Å². The van der Waals surface area contributed by atoms with E-state index < -0.39 is 0 Å². The van der Waals surface area contributed by atoms with Gasteiger partial charge in [-0.2, -0.15) is 0 Å². The predicted octanol–water partition coefficient (Wildman–Crippen LogP) is 1.98. The summed E-state index contributed by atoms with van der Waals surface area (Å²) in [5, 5.41) is 4.45. The Labute approximate surface area is 129 Å². The zero-order chi connectivity index (χ0) is 14.4. The molecule has 0 bridgehead atoms. The van der Waals surface area contributed by atoms with E-state index in [0.717, 1.165) is 12.0 Å². The maximum atomic E-state index is 11.9. The molecule has 0 radical (unpaired) electrons. The van der Waals surface area contributed by atoms with Gasteiger partial charge in [-0.15, -0.1) is 0 Å². The van der Waals surface area contributed by atoms with E-state index in [-0.39, 0.29) is 5.91 Å². The van der Waals surface area contributed by atoms with E-state index in [1.807, 2.05) is 17.0 Å². The van der Waals surface area contributed by atoms with Crippen LogP contribution in [-0.2, 0) is 16.0 Å². The van der Waals surface area contributed by atoms with Gasteiger partial charge in [0, 0.05) is 23.1 Å². The summed E-state index contributed by atoms with van der Waals surface area (Å²) in [5.74, 6) is 0.121. The molecule has 0 aliphatic carbocycles. The summed E-state index contributed by atoms with van der Waals surface area (Å²) in [6.07, 6.45) is 0.770. The molecule has 0 spiro atoms. The number of morpholine rings is 1. The molecule has 1 N–H and O–H groups in total. The van der Waals surface area contributed by atoms with Gasteiger partial charge >= 0.3 is 0 Å². The van der Waals surface area contributed by atoms with Gasteiger partial charge in [0.05, 0.1) is 19.8 Å². The molecule has 0 aromatic heterocycles. The highest BCUT2D eigenvalue weighted by molar-refractivity contribution is 6.35. The van der Waals surface area contributed by atoms with Gasteiger partial charge < -0.3 is 15.0 Å². The van der Waals surface area contributed by atoms with Crippen LogP contribution >= 0.6 is 23.2 Å². The molecular weight excluding hydrogens is 299 g/mol. The van der Waals surface area contributed by atoms with Gasteiger partial charge in [0.1, 0.15) is 0 Å². The van der Waals surface area contributed by atoms with Crippen molar-refractivity contribution in [1.82, 2.24) is 10.2 Å². The van der Waals surface area contributed by atoms with Gasteiger partial charge in [-0.3, -0.25) is 4.79 Å². The fraction of sp³-hybridized carbons (Fsp3) is 0.500. The molecule has 2 rings (SSSR count). The molecule has 1 aromatic carbocycles. The summed E-state index contributed by atoms with van der Waals surface area (Å²) in [4.78, 5) is 13.7. The Morgan fingerprint density at radius 1 is 1.30 bits per heavy atom. The van der Waals surface area contributed by atoms with Crippen LogP contribution in [0.2, 0.25) is 10.0 Å². The fourth-order valence-corrected chi connectivity index (χ4v) is 2.57. The Bertz CT molecular complexity index is 462. The number of halogens is 2. The van der Waals surface area contributed by atoms with E-state index in [9.17, 15) is 4.79 Å². The second-order valence-corrected chi connectivity index (χ2v) is 5.50. The lowest BCUT2D eigenvalue weighted by Gasteiger charge is -2.26. The van der Waals surface area contributed by atoms with Gasteiger partial charge in [0.25, 0.3) is 0 Å². The molecule has 1 saturated heterocycles. The molecule has 1 fully saturated rings. The number of nitrogens with one attached hydrogen (secondary N) is 1. The number of amides is 1. The molecule has 6 heteroatoms. The highest BCUT2D eigenvalue weighted by Crippen LogP contribution is 2.20. The van der Waals surface area contributed by atoms with Crippen LogP contribution in [0.3, 0.4) is 0 Å². The summed E-state index contributed by atoms with van der Waals surface area (Å²) >= 11 is 11.9. The number of carbonyl (C=O) groups excluding carboxylic acids is 1. The first-order valence-electron chi connectivity index (χ1n) is 6.67. The quantitative estimate of drug-likeness (QED) is 0.845. The molecule has 0 atom stereocenters. The van der Waals surface area contributed by atoms with Crippen LogP contribution in [0.5, 0.6) is 0 Å². The molecule has 4 nitrogen and oxygen atoms in total. The van der Waals surface area contributed by atoms with E-state index in [1.54, 1.807) is 6.07 Å². The number of carbonyl (C=O) groups is 1. The van der Waals surface area contributed by atoms with E-state index in [0.29, 0.717) is 49.4 Å². The lowest BCUT2D eigenvalue weighted by atomic mass is 10.1. The Morgan fingerprint density at radius 2 is 2.05 bits per heavy atom. The largest absolute Gasteiger partial charge is 0.378 e. The Balaban J connectivity index is 1.69. The van der Waals surface area contributed by atoms with Gasteiger partial charge in [-0.25, -0.2) is 0 Å². The summed E-state index contributed by atoms with van der Waals surface area (Å²) in [6.45, 7) is 3.69. The van der Waals surface area contributed by atoms with Crippen molar-refractivity contribution in [2.75, 3.05) is 39.4 Å². The zero-order valence-electron chi connectivity index (χ0n) is 11.2. The molecule has 0 unspecified atom stereocenters. The van der Waals surface area contributed by atoms with E-state index >= 15 is 0 Å². The highest BCUT2D eigenvalue weighted by atomic mass is 35.5. The average Bonchev–Trinajstić information content (AvgIpc) is 2.46. The van der Waals surface area contributed by atoms with Gasteiger partial charge in [-0.1, -0.05) is 29.3 Å². The van der Waals surface area contributed by atoms with Crippen LogP contribution in [0.4, 0.5) is 0 Å². The molecule has 1 aromatic rings. The van der Waals surface area contributed by atoms with Crippen LogP contribution in [0.15, 0.2) is 18.2 Å². The third kappa shape index (κ3) is 4.63. The lowest BCUT2D eigenvalue weighted by molar-refractivity contribution is -0.134. The standard InChI is InChI=1S/C14H18Cl2N2O2/c15-12-2-1-11(13(16)9-12)3-4-17-10-14(19)18-5-7-20-8-6-18/h1-2,9,17H,3-8,10H2. The van der Waals surface area contributed by atoms with Crippen LogP contribution in [0.1, 0.15) is 5.56 Å². The normalized spacial score (nSPS) is 15.4. The van der Waals surface area contributed by atoms with Crippen molar-refractivity contribution in [2.45, 2.75) is 6.42 Å². The molecule has 20 heavy (non-hydrogen) atoms. The maximum Gasteiger partial charge on any atom is 0.236 e. The van der Waals surface area contributed by atoms with E-state index in [1.165, 1.54) is 0 Å². The maximum absolute atomic E-state index is 11.9. The Kier molecular flexibility index (Phi) is 6.10. The van der Waals surface area contributed by atoms with Crippen molar-refractivity contribution in [2.24, 2.45) is 0 Å². The van der Waals surface area contributed by atoms with Crippen LogP contribution in [0.25, 0.3) is 0 Å². The molecule has 1 aliphatic heterocycles. The number of hydrogen-bond donors (Lipinski definition) is 1. The second-order valence-electron chi connectivity index (χ2n) is 4.66. The SMILES string of the molecule is O=C(CNCCc1ccc(Cl)cc1Cl)N1CCOCC1.